The summed E-state index contributed by atoms with van der Waals surface area (Å²) in [6.45, 7) is 12.2. The molecule has 0 spiro atoms. The molecule has 152 valence electrons. The van der Waals surface area contributed by atoms with E-state index in [1.807, 2.05) is 20.8 Å². The van der Waals surface area contributed by atoms with Crippen molar-refractivity contribution in [3.63, 3.8) is 0 Å². The van der Waals surface area contributed by atoms with Gasteiger partial charge in [-0.25, -0.2) is 14.2 Å². The normalized spacial score (nSPS) is 30.8. The molecule has 0 aromatic heterocycles. The van der Waals surface area contributed by atoms with Crippen LogP contribution in [0.4, 0.5) is 14.5 Å². The maximum absolute atomic E-state index is 14.7. The SMILES string of the molecule is C[C@H]1CC[C@H]2C3=C1N(c1ccc(F)cc1F)NC3(C(=O)NC(C)(C)C)C2(C)C. The van der Waals surface area contributed by atoms with Gasteiger partial charge in [-0.1, -0.05) is 20.8 Å². The number of allylic oxidation sites excluding steroid dienone is 1. The average Bonchev–Trinajstić information content (AvgIpc) is 2.90. The van der Waals surface area contributed by atoms with E-state index in [0.29, 0.717) is 0 Å². The Kier molecular flexibility index (Phi) is 4.00. The third kappa shape index (κ3) is 2.39. The van der Waals surface area contributed by atoms with Gasteiger partial charge >= 0.3 is 0 Å². The quantitative estimate of drug-likeness (QED) is 0.793. The minimum absolute atomic E-state index is 0.0899. The first-order valence-corrected chi connectivity index (χ1v) is 10.0. The summed E-state index contributed by atoms with van der Waals surface area (Å²) >= 11 is 0. The zero-order chi connectivity index (χ0) is 20.6. The van der Waals surface area contributed by atoms with Crippen molar-refractivity contribution in [2.45, 2.75) is 65.5 Å². The third-order valence-corrected chi connectivity index (χ3v) is 6.72. The van der Waals surface area contributed by atoms with E-state index >= 15 is 0 Å². The van der Waals surface area contributed by atoms with Crippen LogP contribution in [0.2, 0.25) is 0 Å². The average molecular weight is 389 g/mol. The second kappa shape index (κ2) is 5.78. The monoisotopic (exact) mass is 389 g/mol. The van der Waals surface area contributed by atoms with Gasteiger partial charge in [-0.15, -0.1) is 0 Å². The minimum Gasteiger partial charge on any atom is -0.350 e. The van der Waals surface area contributed by atoms with Crippen LogP contribution in [0.3, 0.4) is 0 Å². The minimum atomic E-state index is -0.921. The van der Waals surface area contributed by atoms with Crippen molar-refractivity contribution in [2.75, 3.05) is 5.01 Å². The predicted octanol–water partition coefficient (Wildman–Crippen LogP) is 4.28. The summed E-state index contributed by atoms with van der Waals surface area (Å²) in [5.74, 6) is -0.890. The van der Waals surface area contributed by atoms with E-state index in [4.69, 9.17) is 0 Å². The Bertz CT molecular complexity index is 886. The molecule has 1 aliphatic heterocycles. The molecule has 6 heteroatoms. The van der Waals surface area contributed by atoms with Gasteiger partial charge in [-0.3, -0.25) is 9.80 Å². The Morgan fingerprint density at radius 3 is 2.54 bits per heavy atom. The number of hydrazine groups is 1. The van der Waals surface area contributed by atoms with Crippen molar-refractivity contribution in [1.29, 1.82) is 0 Å². The highest BCUT2D eigenvalue weighted by Gasteiger charge is 2.73. The van der Waals surface area contributed by atoms with Gasteiger partial charge in [0.25, 0.3) is 0 Å². The number of benzene rings is 1. The molecule has 0 bridgehead atoms. The zero-order valence-corrected chi connectivity index (χ0v) is 17.4. The largest absolute Gasteiger partial charge is 0.350 e. The first-order chi connectivity index (χ1) is 12.9. The number of amides is 1. The van der Waals surface area contributed by atoms with Gasteiger partial charge in [0.1, 0.15) is 11.4 Å². The molecule has 3 aliphatic rings. The highest BCUT2D eigenvalue weighted by Crippen LogP contribution is 2.67. The van der Waals surface area contributed by atoms with Crippen molar-refractivity contribution in [3.05, 3.63) is 41.1 Å². The molecule has 1 aromatic carbocycles. The van der Waals surface area contributed by atoms with Crippen LogP contribution >= 0.6 is 0 Å². The lowest BCUT2D eigenvalue weighted by molar-refractivity contribution is -0.140. The van der Waals surface area contributed by atoms with Crippen LogP contribution in [0.1, 0.15) is 54.4 Å². The zero-order valence-electron chi connectivity index (χ0n) is 17.4. The summed E-state index contributed by atoms with van der Waals surface area (Å²) in [4.78, 5) is 13.5. The first kappa shape index (κ1) is 19.4. The second-order valence-electron chi connectivity index (χ2n) is 10.0. The lowest BCUT2D eigenvalue weighted by Crippen LogP contribution is -2.76. The van der Waals surface area contributed by atoms with Gasteiger partial charge in [0.2, 0.25) is 5.91 Å². The van der Waals surface area contributed by atoms with Gasteiger partial charge in [-0.05, 0) is 63.2 Å². The number of rotatable bonds is 2. The molecule has 3 atom stereocenters. The van der Waals surface area contributed by atoms with E-state index in [0.717, 1.165) is 30.2 Å². The summed E-state index contributed by atoms with van der Waals surface area (Å²) in [6, 6.07) is 3.58. The second-order valence-corrected chi connectivity index (χ2v) is 10.0. The summed E-state index contributed by atoms with van der Waals surface area (Å²) < 4.78 is 28.2. The molecule has 1 fully saturated rings. The van der Waals surface area contributed by atoms with Crippen molar-refractivity contribution in [3.8, 4) is 0 Å². The first-order valence-electron chi connectivity index (χ1n) is 10.0. The molecular formula is C22H29F2N3O. The van der Waals surface area contributed by atoms with Crippen LogP contribution in [0.15, 0.2) is 29.5 Å². The van der Waals surface area contributed by atoms with E-state index < -0.39 is 17.2 Å². The van der Waals surface area contributed by atoms with Crippen LogP contribution in [0, 0.1) is 28.9 Å². The van der Waals surface area contributed by atoms with E-state index in [2.05, 4.69) is 31.5 Å². The van der Waals surface area contributed by atoms with Gasteiger partial charge in [-0.2, -0.15) is 0 Å². The smallest absolute Gasteiger partial charge is 0.247 e. The molecule has 0 saturated heterocycles. The maximum Gasteiger partial charge on any atom is 0.247 e. The molecule has 1 heterocycles. The number of carbonyl (C=O) groups is 1. The summed E-state index contributed by atoms with van der Waals surface area (Å²) in [5.41, 5.74) is 4.04. The number of hydrogen-bond acceptors (Lipinski definition) is 3. The molecule has 1 amide bonds. The van der Waals surface area contributed by atoms with Gasteiger partial charge in [0.15, 0.2) is 5.82 Å². The van der Waals surface area contributed by atoms with Crippen LogP contribution in [0.25, 0.3) is 0 Å². The lowest BCUT2D eigenvalue weighted by Gasteiger charge is -2.61. The van der Waals surface area contributed by atoms with Gasteiger partial charge in [0.05, 0.1) is 5.69 Å². The number of halogens is 2. The number of anilines is 1. The summed E-state index contributed by atoms with van der Waals surface area (Å²) in [7, 11) is 0. The van der Waals surface area contributed by atoms with Crippen molar-refractivity contribution >= 4 is 11.6 Å². The molecular weight excluding hydrogens is 360 g/mol. The Balaban J connectivity index is 1.87. The fourth-order valence-electron chi connectivity index (χ4n) is 5.37. The number of nitrogens with one attached hydrogen (secondary N) is 2. The van der Waals surface area contributed by atoms with E-state index in [9.17, 15) is 13.6 Å². The fourth-order valence-corrected chi connectivity index (χ4v) is 5.37. The third-order valence-electron chi connectivity index (χ3n) is 6.72. The van der Waals surface area contributed by atoms with E-state index in [-0.39, 0.29) is 34.4 Å². The summed E-state index contributed by atoms with van der Waals surface area (Å²) in [6.07, 6.45) is 1.99. The van der Waals surface area contributed by atoms with Crippen LogP contribution in [-0.4, -0.2) is 17.0 Å². The van der Waals surface area contributed by atoms with Gasteiger partial charge < -0.3 is 5.32 Å². The lowest BCUT2D eigenvalue weighted by atomic mass is 9.43. The van der Waals surface area contributed by atoms with Crippen LogP contribution < -0.4 is 15.8 Å². The molecule has 28 heavy (non-hydrogen) atoms. The number of hydrogen-bond donors (Lipinski definition) is 2. The number of nitrogens with zero attached hydrogens (tertiary/aromatic N) is 1. The standard InChI is InChI=1S/C22H29F2N3O/c1-12-7-9-14-17-18(12)27(16-10-8-13(23)11-15(16)24)26-22(17,21(14,5)6)19(28)25-20(2,3)4/h8,10-12,14,26H,7,9H2,1-6H3,(H,25,28)/t12-,14-,22?/m0/s1. The predicted molar refractivity (Wildman–Crippen MR) is 105 cm³/mol. The Labute approximate surface area is 165 Å². The molecule has 1 saturated carbocycles. The molecule has 4 rings (SSSR count). The molecule has 4 nitrogen and oxygen atoms in total. The van der Waals surface area contributed by atoms with Crippen molar-refractivity contribution in [1.82, 2.24) is 10.7 Å². The molecule has 1 aromatic rings. The molecule has 1 unspecified atom stereocenters. The molecule has 2 N–H and O–H groups in total. The molecule has 2 aliphatic carbocycles. The van der Waals surface area contributed by atoms with E-state index in [1.54, 1.807) is 5.01 Å². The maximum atomic E-state index is 14.7. The Morgan fingerprint density at radius 1 is 1.25 bits per heavy atom. The molecule has 0 radical (unpaired) electrons. The highest BCUT2D eigenvalue weighted by atomic mass is 19.1. The number of carbonyl (C=O) groups excluding carboxylic acids is 1. The summed E-state index contributed by atoms with van der Waals surface area (Å²) in [5, 5.41) is 4.83. The Hall–Kier alpha value is -1.95. The van der Waals surface area contributed by atoms with Crippen molar-refractivity contribution < 1.29 is 13.6 Å². The van der Waals surface area contributed by atoms with Crippen LogP contribution in [-0.2, 0) is 4.79 Å². The van der Waals surface area contributed by atoms with Crippen molar-refractivity contribution in [2.24, 2.45) is 17.3 Å². The Morgan fingerprint density at radius 2 is 1.93 bits per heavy atom. The fraction of sp³-hybridized carbons (Fsp3) is 0.591. The van der Waals surface area contributed by atoms with E-state index in [1.165, 1.54) is 12.1 Å². The highest BCUT2D eigenvalue weighted by molar-refractivity contribution is 5.96. The topological polar surface area (TPSA) is 44.4 Å². The van der Waals surface area contributed by atoms with Gasteiger partial charge in [0, 0.05) is 22.7 Å². The van der Waals surface area contributed by atoms with Crippen LogP contribution in [0.5, 0.6) is 0 Å².